The molecule has 6 atom stereocenters. The van der Waals surface area contributed by atoms with Crippen LogP contribution in [0.15, 0.2) is 0 Å². The molecular weight excluding hydrogens is 234 g/mol. The molecular formula is C9H17NO7. The van der Waals surface area contributed by atoms with Gasteiger partial charge in [0.05, 0.1) is 6.54 Å². The van der Waals surface area contributed by atoms with Crippen molar-refractivity contribution in [2.24, 2.45) is 5.73 Å². The third kappa shape index (κ3) is 2.73. The lowest BCUT2D eigenvalue weighted by atomic mass is 9.84. The number of hydrogen-bond acceptors (Lipinski definition) is 8. The fourth-order valence-electron chi connectivity index (χ4n) is 1.79. The second-order valence-corrected chi connectivity index (χ2v) is 3.82. The number of carbonyl (C=O) groups excluding carboxylic acids is 1. The van der Waals surface area contributed by atoms with Gasteiger partial charge in [0.2, 0.25) is 0 Å². The maximum atomic E-state index is 11.0. The average molecular weight is 251 g/mol. The van der Waals surface area contributed by atoms with Crippen LogP contribution in [-0.2, 0) is 14.3 Å². The van der Waals surface area contributed by atoms with Gasteiger partial charge in [0.1, 0.15) is 30.5 Å². The molecule has 0 aromatic carbocycles. The maximum Gasteiger partial charge on any atom is 0.320 e. The number of aliphatic hydroxyl groups excluding tert-OH is 4. The lowest BCUT2D eigenvalue weighted by molar-refractivity contribution is -0.238. The summed E-state index contributed by atoms with van der Waals surface area (Å²) < 4.78 is 9.63. The van der Waals surface area contributed by atoms with E-state index in [1.807, 2.05) is 0 Å². The van der Waals surface area contributed by atoms with E-state index >= 15 is 0 Å². The number of methoxy groups -OCH3 is 1. The van der Waals surface area contributed by atoms with E-state index in [1.165, 1.54) is 7.11 Å². The number of nitrogens with two attached hydrogens (primary N) is 1. The maximum absolute atomic E-state index is 11.0. The zero-order valence-electron chi connectivity index (χ0n) is 9.26. The van der Waals surface area contributed by atoms with E-state index in [4.69, 9.17) is 15.2 Å². The van der Waals surface area contributed by atoms with Crippen LogP contribution in [0.3, 0.4) is 0 Å². The van der Waals surface area contributed by atoms with Crippen molar-refractivity contribution in [1.29, 1.82) is 0 Å². The number of rotatable bonds is 3. The van der Waals surface area contributed by atoms with Crippen LogP contribution in [0.2, 0.25) is 0 Å². The lowest BCUT2D eigenvalue weighted by Crippen LogP contribution is -2.65. The van der Waals surface area contributed by atoms with Crippen molar-refractivity contribution in [2.75, 3.05) is 13.7 Å². The fourth-order valence-corrected chi connectivity index (χ4v) is 1.79. The first-order chi connectivity index (χ1) is 7.93. The van der Waals surface area contributed by atoms with Gasteiger partial charge in [-0.15, -0.1) is 0 Å². The van der Waals surface area contributed by atoms with Crippen LogP contribution in [0.4, 0.5) is 0 Å². The summed E-state index contributed by atoms with van der Waals surface area (Å²) >= 11 is 0. The molecule has 0 aliphatic heterocycles. The first-order valence-electron chi connectivity index (χ1n) is 5.08. The van der Waals surface area contributed by atoms with Crippen LogP contribution in [-0.4, -0.2) is 76.7 Å². The Morgan fingerprint density at radius 1 is 1.06 bits per heavy atom. The van der Waals surface area contributed by atoms with Gasteiger partial charge in [-0.3, -0.25) is 4.79 Å². The lowest BCUT2D eigenvalue weighted by Gasteiger charge is -2.42. The molecule has 6 unspecified atom stereocenters. The molecule has 1 saturated carbocycles. The van der Waals surface area contributed by atoms with Crippen molar-refractivity contribution in [2.45, 2.75) is 36.6 Å². The SMILES string of the molecule is COC1C(O)C(O)C(O)C(O)C1OC(=O)CN. The predicted molar refractivity (Wildman–Crippen MR) is 53.8 cm³/mol. The first kappa shape index (κ1) is 14.3. The molecule has 17 heavy (non-hydrogen) atoms. The zero-order valence-corrected chi connectivity index (χ0v) is 9.26. The molecule has 8 nitrogen and oxygen atoms in total. The zero-order chi connectivity index (χ0) is 13.2. The highest BCUT2D eigenvalue weighted by molar-refractivity contribution is 5.71. The third-order valence-corrected chi connectivity index (χ3v) is 2.75. The number of hydrogen-bond donors (Lipinski definition) is 5. The van der Waals surface area contributed by atoms with Crippen LogP contribution in [0.1, 0.15) is 0 Å². The van der Waals surface area contributed by atoms with Crippen LogP contribution in [0.25, 0.3) is 0 Å². The van der Waals surface area contributed by atoms with E-state index < -0.39 is 49.1 Å². The molecule has 0 saturated heterocycles. The highest BCUT2D eigenvalue weighted by Gasteiger charge is 2.51. The molecule has 0 bridgehead atoms. The van der Waals surface area contributed by atoms with Gasteiger partial charge >= 0.3 is 5.97 Å². The normalized spacial score (nSPS) is 42.2. The Labute approximate surface area is 97.6 Å². The van der Waals surface area contributed by atoms with Gasteiger partial charge in [0.15, 0.2) is 6.10 Å². The summed E-state index contributed by atoms with van der Waals surface area (Å²) in [5.41, 5.74) is 5.05. The van der Waals surface area contributed by atoms with Crippen LogP contribution in [0, 0.1) is 0 Å². The average Bonchev–Trinajstić information content (AvgIpc) is 2.33. The van der Waals surface area contributed by atoms with Gasteiger partial charge in [-0.1, -0.05) is 0 Å². The Bertz CT molecular complexity index is 274. The quantitative estimate of drug-likeness (QED) is 0.323. The largest absolute Gasteiger partial charge is 0.456 e. The van der Waals surface area contributed by atoms with Gasteiger partial charge in [0.25, 0.3) is 0 Å². The van der Waals surface area contributed by atoms with E-state index in [1.54, 1.807) is 0 Å². The van der Waals surface area contributed by atoms with E-state index in [2.05, 4.69) is 0 Å². The topological polar surface area (TPSA) is 142 Å². The summed E-state index contributed by atoms with van der Waals surface area (Å²) in [4.78, 5) is 11.0. The summed E-state index contributed by atoms with van der Waals surface area (Å²) in [6, 6.07) is 0. The van der Waals surface area contributed by atoms with E-state index in [-0.39, 0.29) is 0 Å². The molecule has 1 aliphatic rings. The molecule has 0 aromatic heterocycles. The standard InChI is InChI=1S/C9H17NO7/c1-16-8-6(14)4(12)5(13)7(15)9(8)17-3(11)2-10/h4-9,12-15H,2,10H2,1H3. The summed E-state index contributed by atoms with van der Waals surface area (Å²) in [7, 11) is 1.22. The summed E-state index contributed by atoms with van der Waals surface area (Å²) in [5.74, 6) is -0.813. The van der Waals surface area contributed by atoms with E-state index in [0.29, 0.717) is 0 Å². The van der Waals surface area contributed by atoms with Crippen LogP contribution in [0.5, 0.6) is 0 Å². The summed E-state index contributed by atoms with van der Waals surface area (Å²) in [6.45, 7) is -0.408. The minimum absolute atomic E-state index is 0.408. The minimum Gasteiger partial charge on any atom is -0.456 e. The number of ether oxygens (including phenoxy) is 2. The molecule has 1 aliphatic carbocycles. The Morgan fingerprint density at radius 3 is 1.94 bits per heavy atom. The van der Waals surface area contributed by atoms with Crippen molar-refractivity contribution >= 4 is 5.97 Å². The van der Waals surface area contributed by atoms with Gasteiger partial charge in [-0.2, -0.15) is 0 Å². The first-order valence-corrected chi connectivity index (χ1v) is 5.08. The number of carbonyl (C=O) groups is 1. The van der Waals surface area contributed by atoms with Crippen molar-refractivity contribution < 1.29 is 34.7 Å². The molecule has 0 amide bonds. The summed E-state index contributed by atoms with van der Waals surface area (Å²) in [6.07, 6.45) is -8.68. The summed E-state index contributed by atoms with van der Waals surface area (Å²) in [5, 5.41) is 38.1. The van der Waals surface area contributed by atoms with Gasteiger partial charge in [-0.05, 0) is 0 Å². The van der Waals surface area contributed by atoms with E-state index in [9.17, 15) is 25.2 Å². The van der Waals surface area contributed by atoms with Gasteiger partial charge < -0.3 is 35.6 Å². The highest BCUT2D eigenvalue weighted by atomic mass is 16.6. The second-order valence-electron chi connectivity index (χ2n) is 3.82. The van der Waals surface area contributed by atoms with Gasteiger partial charge in [-0.25, -0.2) is 0 Å². The number of esters is 1. The van der Waals surface area contributed by atoms with Crippen LogP contribution >= 0.6 is 0 Å². The number of aliphatic hydroxyl groups is 4. The predicted octanol–water partition coefficient (Wildman–Crippen LogP) is -3.67. The molecule has 0 heterocycles. The van der Waals surface area contributed by atoms with Crippen LogP contribution < -0.4 is 5.73 Å². The Kier molecular flexibility index (Phi) is 4.80. The molecule has 0 aromatic rings. The molecule has 6 N–H and O–H groups in total. The Balaban J connectivity index is 2.86. The minimum atomic E-state index is -1.63. The Morgan fingerprint density at radius 2 is 1.53 bits per heavy atom. The molecule has 100 valence electrons. The molecule has 0 spiro atoms. The third-order valence-electron chi connectivity index (χ3n) is 2.75. The van der Waals surface area contributed by atoms with Crippen molar-refractivity contribution in [3.05, 3.63) is 0 Å². The van der Waals surface area contributed by atoms with Gasteiger partial charge in [0, 0.05) is 7.11 Å². The van der Waals surface area contributed by atoms with E-state index in [0.717, 1.165) is 0 Å². The monoisotopic (exact) mass is 251 g/mol. The highest BCUT2D eigenvalue weighted by Crippen LogP contribution is 2.25. The molecule has 0 radical (unpaired) electrons. The molecule has 8 heteroatoms. The molecule has 1 rings (SSSR count). The van der Waals surface area contributed by atoms with Crippen molar-refractivity contribution in [1.82, 2.24) is 0 Å². The smallest absolute Gasteiger partial charge is 0.320 e. The fraction of sp³-hybridized carbons (Fsp3) is 0.889. The Hall–Kier alpha value is -0.770. The van der Waals surface area contributed by atoms with Crippen molar-refractivity contribution in [3.8, 4) is 0 Å². The second kappa shape index (κ2) is 5.71. The molecule has 1 fully saturated rings. The van der Waals surface area contributed by atoms with Crippen molar-refractivity contribution in [3.63, 3.8) is 0 Å².